The van der Waals surface area contributed by atoms with Gasteiger partial charge in [0, 0.05) is 0 Å². The van der Waals surface area contributed by atoms with E-state index < -0.39 is 17.9 Å². The van der Waals surface area contributed by atoms with Crippen LogP contribution in [-0.4, -0.2) is 17.6 Å². The minimum absolute atomic E-state index is 0.149. The maximum Gasteiger partial charge on any atom is 0.310 e. The number of halogens is 2. The average Bonchev–Trinajstić information content (AvgIpc) is 2.01. The third-order valence-corrected chi connectivity index (χ3v) is 1.48. The van der Waals surface area contributed by atoms with Gasteiger partial charge in [-0.2, -0.15) is 13.8 Å². The van der Waals surface area contributed by atoms with Gasteiger partial charge in [-0.05, 0) is 24.6 Å². The highest BCUT2D eigenvalue weighted by Crippen LogP contribution is 2.05. The number of hydrogen-bond acceptors (Lipinski definition) is 3. The number of nitrogens with zero attached hydrogens (tertiary/aromatic N) is 1. The molecule has 76 valence electrons. The van der Waals surface area contributed by atoms with E-state index >= 15 is 0 Å². The summed E-state index contributed by atoms with van der Waals surface area (Å²) in [6.45, 7) is 1.90. The van der Waals surface area contributed by atoms with Crippen LogP contribution in [-0.2, 0) is 16.0 Å². The first-order chi connectivity index (χ1) is 6.61. The van der Waals surface area contributed by atoms with Gasteiger partial charge in [-0.25, -0.2) is 0 Å². The summed E-state index contributed by atoms with van der Waals surface area (Å²) in [6, 6.07) is 2.00. The van der Waals surface area contributed by atoms with Crippen molar-refractivity contribution >= 4 is 5.97 Å². The largest absolute Gasteiger partial charge is 0.466 e. The van der Waals surface area contributed by atoms with Crippen molar-refractivity contribution in [3.63, 3.8) is 0 Å². The SMILES string of the molecule is CCOC(=O)Cc1cc(F)nc(F)c1. The number of pyridine rings is 1. The third-order valence-electron chi connectivity index (χ3n) is 1.48. The number of esters is 1. The number of ether oxygens (including phenoxy) is 1. The van der Waals surface area contributed by atoms with Crippen molar-refractivity contribution in [2.75, 3.05) is 6.61 Å². The van der Waals surface area contributed by atoms with Crippen molar-refractivity contribution < 1.29 is 18.3 Å². The van der Waals surface area contributed by atoms with Crippen molar-refractivity contribution in [2.45, 2.75) is 13.3 Å². The second-order valence-electron chi connectivity index (χ2n) is 2.60. The minimum atomic E-state index is -0.940. The molecule has 1 aromatic rings. The lowest BCUT2D eigenvalue weighted by atomic mass is 10.2. The highest BCUT2D eigenvalue weighted by Gasteiger charge is 2.07. The van der Waals surface area contributed by atoms with Gasteiger partial charge in [-0.1, -0.05) is 0 Å². The standard InChI is InChI=1S/C9H9F2NO2/c1-2-14-9(13)5-6-3-7(10)12-8(11)4-6/h3-4H,2,5H2,1H3. The van der Waals surface area contributed by atoms with Gasteiger partial charge >= 0.3 is 5.97 Å². The van der Waals surface area contributed by atoms with Gasteiger partial charge in [0.15, 0.2) is 0 Å². The molecule has 0 unspecified atom stereocenters. The summed E-state index contributed by atoms with van der Waals surface area (Å²) < 4.78 is 29.7. The Hall–Kier alpha value is -1.52. The summed E-state index contributed by atoms with van der Waals surface area (Å²) in [6.07, 6.45) is -0.149. The van der Waals surface area contributed by atoms with Crippen LogP contribution in [0, 0.1) is 11.9 Å². The van der Waals surface area contributed by atoms with E-state index in [2.05, 4.69) is 9.72 Å². The van der Waals surface area contributed by atoms with Gasteiger partial charge in [0.25, 0.3) is 0 Å². The van der Waals surface area contributed by atoms with Crippen LogP contribution in [0.4, 0.5) is 8.78 Å². The predicted octanol–water partition coefficient (Wildman–Crippen LogP) is 1.47. The van der Waals surface area contributed by atoms with Gasteiger partial charge in [0.1, 0.15) is 0 Å². The molecule has 0 aliphatic rings. The number of rotatable bonds is 3. The number of hydrogen-bond donors (Lipinski definition) is 0. The molecule has 3 nitrogen and oxygen atoms in total. The summed E-state index contributed by atoms with van der Waals surface area (Å²) in [7, 11) is 0. The van der Waals surface area contributed by atoms with Crippen LogP contribution < -0.4 is 0 Å². The topological polar surface area (TPSA) is 39.2 Å². The zero-order valence-corrected chi connectivity index (χ0v) is 7.59. The Morgan fingerprint density at radius 1 is 1.43 bits per heavy atom. The average molecular weight is 201 g/mol. The fourth-order valence-electron chi connectivity index (χ4n) is 0.995. The van der Waals surface area contributed by atoms with Gasteiger partial charge in [-0.3, -0.25) is 4.79 Å². The Morgan fingerprint density at radius 2 is 2.00 bits per heavy atom. The summed E-state index contributed by atoms with van der Waals surface area (Å²) in [4.78, 5) is 13.8. The van der Waals surface area contributed by atoms with Crippen LogP contribution in [0.3, 0.4) is 0 Å². The van der Waals surface area contributed by atoms with Crippen molar-refractivity contribution in [1.82, 2.24) is 4.98 Å². The molecule has 0 fully saturated rings. The molecule has 0 aliphatic carbocycles. The van der Waals surface area contributed by atoms with E-state index in [1.54, 1.807) is 6.92 Å². The van der Waals surface area contributed by atoms with Crippen molar-refractivity contribution in [3.05, 3.63) is 29.6 Å². The van der Waals surface area contributed by atoms with Crippen molar-refractivity contribution in [3.8, 4) is 0 Å². The minimum Gasteiger partial charge on any atom is -0.466 e. The second kappa shape index (κ2) is 4.64. The zero-order chi connectivity index (χ0) is 10.6. The summed E-state index contributed by atoms with van der Waals surface area (Å²) in [5.41, 5.74) is 0.216. The van der Waals surface area contributed by atoms with Gasteiger partial charge < -0.3 is 4.74 Å². The molecule has 0 N–H and O–H groups in total. The van der Waals surface area contributed by atoms with Gasteiger partial charge in [0.2, 0.25) is 11.9 Å². The van der Waals surface area contributed by atoms with E-state index in [1.165, 1.54) is 0 Å². The Labute approximate surface area is 79.7 Å². The van der Waals surface area contributed by atoms with Crippen LogP contribution in [0.25, 0.3) is 0 Å². The molecule has 0 spiro atoms. The molecule has 5 heteroatoms. The van der Waals surface area contributed by atoms with Crippen molar-refractivity contribution in [2.24, 2.45) is 0 Å². The van der Waals surface area contributed by atoms with E-state index in [9.17, 15) is 13.6 Å². The molecule has 0 atom stereocenters. The van der Waals surface area contributed by atoms with Crippen LogP contribution in [0.15, 0.2) is 12.1 Å². The summed E-state index contributed by atoms with van der Waals surface area (Å²) in [5.74, 6) is -2.40. The first-order valence-electron chi connectivity index (χ1n) is 4.09. The lowest BCUT2D eigenvalue weighted by Crippen LogP contribution is -2.08. The van der Waals surface area contributed by atoms with Crippen molar-refractivity contribution in [1.29, 1.82) is 0 Å². The number of carbonyl (C=O) groups excluding carboxylic acids is 1. The second-order valence-corrected chi connectivity index (χ2v) is 2.60. The Kier molecular flexibility index (Phi) is 3.50. The molecule has 1 rings (SSSR count). The lowest BCUT2D eigenvalue weighted by Gasteiger charge is -2.01. The highest BCUT2D eigenvalue weighted by atomic mass is 19.1. The zero-order valence-electron chi connectivity index (χ0n) is 7.59. The smallest absolute Gasteiger partial charge is 0.310 e. The van der Waals surface area contributed by atoms with E-state index in [1.807, 2.05) is 0 Å². The monoisotopic (exact) mass is 201 g/mol. The highest BCUT2D eigenvalue weighted by molar-refractivity contribution is 5.72. The van der Waals surface area contributed by atoms with E-state index in [0.29, 0.717) is 0 Å². The molecule has 0 bridgehead atoms. The molecule has 0 aromatic carbocycles. The van der Waals surface area contributed by atoms with Crippen LogP contribution in [0.2, 0.25) is 0 Å². The van der Waals surface area contributed by atoms with Gasteiger partial charge in [-0.15, -0.1) is 0 Å². The fourth-order valence-corrected chi connectivity index (χ4v) is 0.995. The first-order valence-corrected chi connectivity index (χ1v) is 4.09. The lowest BCUT2D eigenvalue weighted by molar-refractivity contribution is -0.142. The molecule has 0 aliphatic heterocycles. The fraction of sp³-hybridized carbons (Fsp3) is 0.333. The first kappa shape index (κ1) is 10.6. The molecule has 0 radical (unpaired) electrons. The summed E-state index contributed by atoms with van der Waals surface area (Å²) in [5, 5.41) is 0. The van der Waals surface area contributed by atoms with Gasteiger partial charge in [0.05, 0.1) is 13.0 Å². The van der Waals surface area contributed by atoms with Crippen LogP contribution in [0.5, 0.6) is 0 Å². The number of aromatic nitrogens is 1. The van der Waals surface area contributed by atoms with Crippen LogP contribution >= 0.6 is 0 Å². The van der Waals surface area contributed by atoms with Crippen LogP contribution in [0.1, 0.15) is 12.5 Å². The summed E-state index contributed by atoms with van der Waals surface area (Å²) >= 11 is 0. The molecule has 14 heavy (non-hydrogen) atoms. The van der Waals surface area contributed by atoms with E-state index in [4.69, 9.17) is 0 Å². The molecular weight excluding hydrogens is 192 g/mol. The molecule has 0 saturated carbocycles. The quantitative estimate of drug-likeness (QED) is 0.549. The van der Waals surface area contributed by atoms with E-state index in [0.717, 1.165) is 12.1 Å². The number of carbonyl (C=O) groups is 1. The predicted molar refractivity (Wildman–Crippen MR) is 44.5 cm³/mol. The molecule has 1 aromatic heterocycles. The Morgan fingerprint density at radius 3 is 2.50 bits per heavy atom. The normalized spacial score (nSPS) is 9.93. The Balaban J connectivity index is 2.71. The maximum absolute atomic E-state index is 12.6. The molecule has 0 amide bonds. The maximum atomic E-state index is 12.6. The van der Waals surface area contributed by atoms with E-state index in [-0.39, 0.29) is 18.6 Å². The molecular formula is C9H9F2NO2. The molecule has 1 heterocycles. The third kappa shape index (κ3) is 3.08. The Bertz CT molecular complexity index is 321. The molecule has 0 saturated heterocycles.